The van der Waals surface area contributed by atoms with Gasteiger partial charge in [0.05, 0.1) is 11.5 Å². The lowest BCUT2D eigenvalue weighted by molar-refractivity contribution is -0.385. The Morgan fingerprint density at radius 3 is 2.78 bits per heavy atom. The van der Waals surface area contributed by atoms with Crippen LogP contribution in [-0.2, 0) is 9.47 Å². The molecule has 0 radical (unpaired) electrons. The van der Waals surface area contributed by atoms with Crippen molar-refractivity contribution in [3.8, 4) is 0 Å². The predicted molar refractivity (Wildman–Crippen MR) is 59.8 cm³/mol. The third-order valence-corrected chi connectivity index (χ3v) is 2.10. The molecule has 0 unspecified atom stereocenters. The number of nitro benzene ring substituents is 1. The summed E-state index contributed by atoms with van der Waals surface area (Å²) in [5.41, 5.74) is -0.870. The van der Waals surface area contributed by atoms with Crippen molar-refractivity contribution in [2.75, 3.05) is 20.3 Å². The van der Waals surface area contributed by atoms with Gasteiger partial charge < -0.3 is 9.47 Å². The molecule has 0 aliphatic rings. The number of rotatable bonds is 6. The molecular weight excluding hydrogens is 245 g/mol. The van der Waals surface area contributed by atoms with Gasteiger partial charge in [0.15, 0.2) is 0 Å². The van der Waals surface area contributed by atoms with Gasteiger partial charge in [-0.3, -0.25) is 10.1 Å². The highest BCUT2D eigenvalue weighted by atomic mass is 19.1. The SMILES string of the molecule is COCCCOC(=O)c1cc(F)ccc1[N+](=O)[O-]. The first-order valence-corrected chi connectivity index (χ1v) is 5.16. The van der Waals surface area contributed by atoms with Crippen LogP contribution in [-0.4, -0.2) is 31.2 Å². The van der Waals surface area contributed by atoms with E-state index >= 15 is 0 Å². The van der Waals surface area contributed by atoms with E-state index < -0.39 is 28.0 Å². The highest BCUT2D eigenvalue weighted by molar-refractivity contribution is 5.93. The molecule has 7 heteroatoms. The number of esters is 1. The van der Waals surface area contributed by atoms with Crippen LogP contribution in [0.1, 0.15) is 16.8 Å². The standard InChI is InChI=1S/C11H12FNO5/c1-17-5-2-6-18-11(14)9-7-8(12)3-4-10(9)13(15)16/h3-4,7H,2,5-6H2,1H3. The number of nitrogens with zero attached hydrogens (tertiary/aromatic N) is 1. The number of ether oxygens (including phenoxy) is 2. The Morgan fingerprint density at radius 2 is 2.17 bits per heavy atom. The molecule has 0 aliphatic heterocycles. The number of carbonyl (C=O) groups excluding carboxylic acids is 1. The van der Waals surface area contributed by atoms with Gasteiger partial charge in [-0.25, -0.2) is 9.18 Å². The number of nitro groups is 1. The zero-order valence-corrected chi connectivity index (χ0v) is 9.72. The number of hydrogen-bond donors (Lipinski definition) is 0. The maximum atomic E-state index is 13.0. The van der Waals surface area contributed by atoms with Crippen molar-refractivity contribution in [3.63, 3.8) is 0 Å². The summed E-state index contributed by atoms with van der Waals surface area (Å²) < 4.78 is 22.5. The van der Waals surface area contributed by atoms with Crippen LogP contribution < -0.4 is 0 Å². The molecule has 18 heavy (non-hydrogen) atoms. The molecule has 0 N–H and O–H groups in total. The summed E-state index contributed by atoms with van der Waals surface area (Å²) in [5, 5.41) is 10.7. The summed E-state index contributed by atoms with van der Waals surface area (Å²) in [6.45, 7) is 0.457. The van der Waals surface area contributed by atoms with E-state index in [1.165, 1.54) is 7.11 Å². The molecule has 1 rings (SSSR count). The van der Waals surface area contributed by atoms with E-state index in [9.17, 15) is 19.3 Å². The summed E-state index contributed by atoms with van der Waals surface area (Å²) in [7, 11) is 1.50. The third-order valence-electron chi connectivity index (χ3n) is 2.10. The summed E-state index contributed by atoms with van der Waals surface area (Å²) in [4.78, 5) is 21.5. The molecule has 0 spiro atoms. The van der Waals surface area contributed by atoms with Crippen molar-refractivity contribution in [2.45, 2.75) is 6.42 Å². The number of hydrogen-bond acceptors (Lipinski definition) is 5. The molecule has 6 nitrogen and oxygen atoms in total. The fourth-order valence-electron chi connectivity index (χ4n) is 1.28. The Morgan fingerprint density at radius 1 is 1.44 bits per heavy atom. The predicted octanol–water partition coefficient (Wildman–Crippen LogP) is 1.93. The molecule has 0 heterocycles. The zero-order chi connectivity index (χ0) is 13.5. The van der Waals surface area contributed by atoms with Gasteiger partial charge in [0.25, 0.3) is 5.69 Å². The maximum Gasteiger partial charge on any atom is 0.345 e. The Labute approximate surface area is 102 Å². The van der Waals surface area contributed by atoms with Gasteiger partial charge in [0, 0.05) is 26.2 Å². The molecule has 0 amide bonds. The van der Waals surface area contributed by atoms with Crippen LogP contribution in [0.2, 0.25) is 0 Å². The lowest BCUT2D eigenvalue weighted by Crippen LogP contribution is -2.10. The molecule has 0 bridgehead atoms. The fourth-order valence-corrected chi connectivity index (χ4v) is 1.28. The minimum absolute atomic E-state index is 0.0559. The molecule has 0 fully saturated rings. The second-order valence-corrected chi connectivity index (χ2v) is 3.40. The average molecular weight is 257 g/mol. The maximum absolute atomic E-state index is 13.0. The monoisotopic (exact) mass is 257 g/mol. The molecular formula is C11H12FNO5. The minimum Gasteiger partial charge on any atom is -0.462 e. The second kappa shape index (κ2) is 6.65. The molecule has 0 saturated carbocycles. The Hall–Kier alpha value is -2.02. The number of halogens is 1. The Kier molecular flexibility index (Phi) is 5.19. The highest BCUT2D eigenvalue weighted by Crippen LogP contribution is 2.20. The van der Waals surface area contributed by atoms with Crippen LogP contribution in [0.25, 0.3) is 0 Å². The fraction of sp³-hybridized carbons (Fsp3) is 0.364. The number of benzene rings is 1. The van der Waals surface area contributed by atoms with Crippen molar-refractivity contribution in [2.24, 2.45) is 0 Å². The third kappa shape index (κ3) is 3.77. The quantitative estimate of drug-likeness (QED) is 0.336. The number of methoxy groups -OCH3 is 1. The summed E-state index contributed by atoms with van der Waals surface area (Å²) in [6, 6.07) is 2.64. The summed E-state index contributed by atoms with van der Waals surface area (Å²) in [6.07, 6.45) is 0.464. The molecule has 1 aromatic carbocycles. The van der Waals surface area contributed by atoms with Crippen molar-refractivity contribution < 1.29 is 23.6 Å². The van der Waals surface area contributed by atoms with Crippen molar-refractivity contribution in [3.05, 3.63) is 39.7 Å². The van der Waals surface area contributed by atoms with E-state index in [1.54, 1.807) is 0 Å². The van der Waals surface area contributed by atoms with Crippen LogP contribution in [0.3, 0.4) is 0 Å². The van der Waals surface area contributed by atoms with Gasteiger partial charge >= 0.3 is 5.97 Å². The van der Waals surface area contributed by atoms with E-state index in [1.807, 2.05) is 0 Å². The molecule has 1 aromatic rings. The second-order valence-electron chi connectivity index (χ2n) is 3.40. The summed E-state index contributed by atoms with van der Waals surface area (Å²) in [5.74, 6) is -1.65. The van der Waals surface area contributed by atoms with Crippen LogP contribution in [0.4, 0.5) is 10.1 Å². The summed E-state index contributed by atoms with van der Waals surface area (Å²) >= 11 is 0. The topological polar surface area (TPSA) is 78.7 Å². The average Bonchev–Trinajstić information content (AvgIpc) is 2.34. The van der Waals surface area contributed by atoms with E-state index in [2.05, 4.69) is 0 Å². The van der Waals surface area contributed by atoms with Gasteiger partial charge in [0.2, 0.25) is 0 Å². The van der Waals surface area contributed by atoms with E-state index in [-0.39, 0.29) is 6.61 Å². The highest BCUT2D eigenvalue weighted by Gasteiger charge is 2.21. The largest absolute Gasteiger partial charge is 0.462 e. The first kappa shape index (κ1) is 14.0. The van der Waals surface area contributed by atoms with Crippen molar-refractivity contribution in [1.29, 1.82) is 0 Å². The zero-order valence-electron chi connectivity index (χ0n) is 9.72. The van der Waals surface area contributed by atoms with Gasteiger partial charge in [-0.1, -0.05) is 0 Å². The minimum atomic E-state index is -0.919. The Balaban J connectivity index is 2.77. The first-order valence-electron chi connectivity index (χ1n) is 5.16. The molecule has 0 saturated heterocycles. The normalized spacial score (nSPS) is 10.1. The molecule has 98 valence electrons. The van der Waals surface area contributed by atoms with Crippen LogP contribution in [0, 0.1) is 15.9 Å². The lowest BCUT2D eigenvalue weighted by Gasteiger charge is -2.05. The van der Waals surface area contributed by atoms with Gasteiger partial charge in [-0.15, -0.1) is 0 Å². The molecule has 0 atom stereocenters. The smallest absolute Gasteiger partial charge is 0.345 e. The number of carbonyl (C=O) groups is 1. The van der Waals surface area contributed by atoms with E-state index in [4.69, 9.17) is 9.47 Å². The van der Waals surface area contributed by atoms with Crippen molar-refractivity contribution >= 4 is 11.7 Å². The van der Waals surface area contributed by atoms with E-state index in [0.717, 1.165) is 18.2 Å². The van der Waals surface area contributed by atoms with Crippen molar-refractivity contribution in [1.82, 2.24) is 0 Å². The molecule has 0 aliphatic carbocycles. The first-order chi connectivity index (χ1) is 8.56. The van der Waals surface area contributed by atoms with Gasteiger partial charge in [0.1, 0.15) is 11.4 Å². The van der Waals surface area contributed by atoms with Crippen LogP contribution in [0.5, 0.6) is 0 Å². The van der Waals surface area contributed by atoms with Crippen LogP contribution >= 0.6 is 0 Å². The van der Waals surface area contributed by atoms with E-state index in [0.29, 0.717) is 13.0 Å². The van der Waals surface area contributed by atoms with Gasteiger partial charge in [-0.05, 0) is 12.1 Å². The molecule has 0 aromatic heterocycles. The van der Waals surface area contributed by atoms with Gasteiger partial charge in [-0.2, -0.15) is 0 Å². The Bertz CT molecular complexity index is 449. The lowest BCUT2D eigenvalue weighted by atomic mass is 10.2. The van der Waals surface area contributed by atoms with Crippen LogP contribution in [0.15, 0.2) is 18.2 Å².